The molecule has 1 saturated heterocycles. The van der Waals surface area contributed by atoms with E-state index < -0.39 is 0 Å². The summed E-state index contributed by atoms with van der Waals surface area (Å²) in [7, 11) is 0. The Morgan fingerprint density at radius 1 is 1.53 bits per heavy atom. The average molecular weight is 275 g/mol. The van der Waals surface area contributed by atoms with Crippen LogP contribution in [-0.2, 0) is 0 Å². The van der Waals surface area contributed by atoms with Crippen molar-refractivity contribution in [2.45, 2.75) is 30.7 Å². The number of nitriles is 1. The second kappa shape index (κ2) is 6.83. The summed E-state index contributed by atoms with van der Waals surface area (Å²) in [6, 6.07) is 9.10. The maximum Gasteiger partial charge on any atom is 0.103 e. The number of anilines is 1. The van der Waals surface area contributed by atoms with E-state index in [1.165, 1.54) is 0 Å². The highest BCUT2D eigenvalue weighted by Crippen LogP contribution is 2.31. The van der Waals surface area contributed by atoms with Gasteiger partial charge >= 0.3 is 0 Å². The standard InChI is InChI=1S/C15H21N3S/c1-3-9-18(12-7-8-17-11-12)14-5-4-6-15(19-2)13(14)10-16/h4-6,12,17H,3,7-9,11H2,1-2H3. The zero-order chi connectivity index (χ0) is 13.7. The molecular weight excluding hydrogens is 254 g/mol. The summed E-state index contributed by atoms with van der Waals surface area (Å²) in [5.41, 5.74) is 1.93. The Kier molecular flexibility index (Phi) is 5.12. The van der Waals surface area contributed by atoms with E-state index in [0.717, 1.165) is 48.6 Å². The van der Waals surface area contributed by atoms with Crippen molar-refractivity contribution < 1.29 is 0 Å². The van der Waals surface area contributed by atoms with Gasteiger partial charge in [-0.15, -0.1) is 11.8 Å². The van der Waals surface area contributed by atoms with E-state index in [4.69, 9.17) is 0 Å². The van der Waals surface area contributed by atoms with Gasteiger partial charge in [-0.25, -0.2) is 0 Å². The van der Waals surface area contributed by atoms with Crippen LogP contribution in [0.2, 0.25) is 0 Å². The molecule has 19 heavy (non-hydrogen) atoms. The summed E-state index contributed by atoms with van der Waals surface area (Å²) in [5, 5.41) is 12.9. The Bertz CT molecular complexity index is 461. The molecule has 0 aromatic heterocycles. The molecule has 1 atom stereocenters. The second-order valence-corrected chi connectivity index (χ2v) is 5.65. The predicted molar refractivity (Wildman–Crippen MR) is 81.8 cm³/mol. The predicted octanol–water partition coefficient (Wildman–Crippen LogP) is 2.86. The van der Waals surface area contributed by atoms with Crippen molar-refractivity contribution in [1.29, 1.82) is 5.26 Å². The van der Waals surface area contributed by atoms with Crippen LogP contribution in [0.5, 0.6) is 0 Å². The fourth-order valence-electron chi connectivity index (χ4n) is 2.69. The van der Waals surface area contributed by atoms with Crippen LogP contribution in [-0.4, -0.2) is 31.9 Å². The maximum absolute atomic E-state index is 9.48. The first kappa shape index (κ1) is 14.2. The lowest BCUT2D eigenvalue weighted by atomic mass is 10.1. The highest BCUT2D eigenvalue weighted by atomic mass is 32.2. The summed E-state index contributed by atoms with van der Waals surface area (Å²) in [6.07, 6.45) is 4.29. The number of thioether (sulfide) groups is 1. The van der Waals surface area contributed by atoms with Crippen LogP contribution >= 0.6 is 11.8 Å². The van der Waals surface area contributed by atoms with Crippen molar-refractivity contribution in [2.75, 3.05) is 30.8 Å². The van der Waals surface area contributed by atoms with Crippen LogP contribution < -0.4 is 10.2 Å². The topological polar surface area (TPSA) is 39.1 Å². The molecule has 4 heteroatoms. The number of benzene rings is 1. The lowest BCUT2D eigenvalue weighted by Gasteiger charge is -2.31. The first-order valence-electron chi connectivity index (χ1n) is 6.86. The average Bonchev–Trinajstić information content (AvgIpc) is 2.97. The van der Waals surface area contributed by atoms with Crippen molar-refractivity contribution >= 4 is 17.4 Å². The van der Waals surface area contributed by atoms with E-state index in [1.807, 2.05) is 12.3 Å². The molecule has 1 aromatic carbocycles. The maximum atomic E-state index is 9.48. The Hall–Kier alpha value is -1.18. The molecule has 0 amide bonds. The van der Waals surface area contributed by atoms with Gasteiger partial charge in [-0.1, -0.05) is 13.0 Å². The van der Waals surface area contributed by atoms with Gasteiger partial charge in [0.1, 0.15) is 6.07 Å². The molecule has 1 aliphatic rings. The van der Waals surface area contributed by atoms with Gasteiger partial charge < -0.3 is 10.2 Å². The van der Waals surface area contributed by atoms with Crippen molar-refractivity contribution in [1.82, 2.24) is 5.32 Å². The second-order valence-electron chi connectivity index (χ2n) is 4.81. The van der Waals surface area contributed by atoms with Gasteiger partial charge in [0.2, 0.25) is 0 Å². The minimum atomic E-state index is 0.518. The number of nitrogens with one attached hydrogen (secondary N) is 1. The van der Waals surface area contributed by atoms with Crippen LogP contribution in [0.25, 0.3) is 0 Å². The molecule has 0 radical (unpaired) electrons. The van der Waals surface area contributed by atoms with E-state index in [1.54, 1.807) is 11.8 Å². The molecule has 1 unspecified atom stereocenters. The van der Waals surface area contributed by atoms with Crippen LogP contribution in [0.15, 0.2) is 23.1 Å². The fraction of sp³-hybridized carbons (Fsp3) is 0.533. The van der Waals surface area contributed by atoms with Gasteiger partial charge in [0.15, 0.2) is 0 Å². The number of hydrogen-bond acceptors (Lipinski definition) is 4. The lowest BCUT2D eigenvalue weighted by Crippen LogP contribution is -2.38. The Morgan fingerprint density at radius 2 is 2.37 bits per heavy atom. The molecule has 0 saturated carbocycles. The minimum absolute atomic E-state index is 0.518. The normalized spacial score (nSPS) is 18.3. The van der Waals surface area contributed by atoms with Gasteiger partial charge in [0.05, 0.1) is 11.3 Å². The zero-order valence-electron chi connectivity index (χ0n) is 11.6. The number of rotatable bonds is 5. The van der Waals surface area contributed by atoms with E-state index in [-0.39, 0.29) is 0 Å². The molecule has 0 bridgehead atoms. The van der Waals surface area contributed by atoms with E-state index in [0.29, 0.717) is 6.04 Å². The molecule has 1 fully saturated rings. The fourth-order valence-corrected chi connectivity index (χ4v) is 3.26. The summed E-state index contributed by atoms with van der Waals surface area (Å²) in [4.78, 5) is 3.49. The number of nitrogens with zero attached hydrogens (tertiary/aromatic N) is 2. The molecule has 1 N–H and O–H groups in total. The Morgan fingerprint density at radius 3 is 2.95 bits per heavy atom. The molecule has 0 spiro atoms. The SMILES string of the molecule is CCCN(c1cccc(SC)c1C#N)C1CCNC1. The minimum Gasteiger partial charge on any atom is -0.366 e. The quantitative estimate of drug-likeness (QED) is 0.839. The largest absolute Gasteiger partial charge is 0.366 e. The molecule has 0 aliphatic carbocycles. The van der Waals surface area contributed by atoms with Crippen LogP contribution in [0, 0.1) is 11.3 Å². The number of hydrogen-bond donors (Lipinski definition) is 1. The Labute approximate surface area is 120 Å². The summed E-state index contributed by atoms with van der Waals surface area (Å²) in [5.74, 6) is 0. The molecule has 1 aliphatic heterocycles. The van der Waals surface area contributed by atoms with E-state index in [2.05, 4.69) is 35.3 Å². The van der Waals surface area contributed by atoms with Gasteiger partial charge in [-0.05, 0) is 37.8 Å². The first-order valence-corrected chi connectivity index (χ1v) is 8.08. The highest BCUT2D eigenvalue weighted by Gasteiger charge is 2.24. The molecule has 2 rings (SSSR count). The van der Waals surface area contributed by atoms with Gasteiger partial charge in [-0.2, -0.15) is 5.26 Å². The van der Waals surface area contributed by atoms with Crippen molar-refractivity contribution in [3.8, 4) is 6.07 Å². The van der Waals surface area contributed by atoms with Gasteiger partial charge in [0, 0.05) is 24.0 Å². The van der Waals surface area contributed by atoms with E-state index in [9.17, 15) is 5.26 Å². The zero-order valence-corrected chi connectivity index (χ0v) is 12.5. The third-order valence-electron chi connectivity index (χ3n) is 3.58. The van der Waals surface area contributed by atoms with Crippen LogP contribution in [0.4, 0.5) is 5.69 Å². The molecule has 102 valence electrons. The highest BCUT2D eigenvalue weighted by molar-refractivity contribution is 7.98. The molecule has 1 heterocycles. The van der Waals surface area contributed by atoms with Crippen molar-refractivity contribution in [3.05, 3.63) is 23.8 Å². The van der Waals surface area contributed by atoms with Crippen LogP contribution in [0.1, 0.15) is 25.3 Å². The molecular formula is C15H21N3S. The third kappa shape index (κ3) is 3.05. The molecule has 3 nitrogen and oxygen atoms in total. The van der Waals surface area contributed by atoms with Crippen LogP contribution in [0.3, 0.4) is 0 Å². The monoisotopic (exact) mass is 275 g/mol. The molecule has 1 aromatic rings. The Balaban J connectivity index is 2.38. The van der Waals surface area contributed by atoms with Gasteiger partial charge in [-0.3, -0.25) is 0 Å². The van der Waals surface area contributed by atoms with E-state index >= 15 is 0 Å². The van der Waals surface area contributed by atoms with Crippen molar-refractivity contribution in [2.24, 2.45) is 0 Å². The summed E-state index contributed by atoms with van der Waals surface area (Å²) < 4.78 is 0. The summed E-state index contributed by atoms with van der Waals surface area (Å²) >= 11 is 1.65. The van der Waals surface area contributed by atoms with Gasteiger partial charge in [0.25, 0.3) is 0 Å². The summed E-state index contributed by atoms with van der Waals surface area (Å²) in [6.45, 7) is 5.31. The third-order valence-corrected chi connectivity index (χ3v) is 4.36. The lowest BCUT2D eigenvalue weighted by molar-refractivity contribution is 0.624. The van der Waals surface area contributed by atoms with Crippen molar-refractivity contribution in [3.63, 3.8) is 0 Å². The smallest absolute Gasteiger partial charge is 0.103 e. The first-order chi connectivity index (χ1) is 9.31.